The number of benzene rings is 4. The zero-order valence-corrected chi connectivity index (χ0v) is 24.7. The van der Waals surface area contributed by atoms with E-state index < -0.39 is 6.10 Å². The van der Waals surface area contributed by atoms with Crippen LogP contribution in [0.1, 0.15) is 22.3 Å². The van der Waals surface area contributed by atoms with Crippen LogP contribution in [0.4, 0.5) is 0 Å². The Labute approximate surface area is 254 Å². The van der Waals surface area contributed by atoms with Gasteiger partial charge in [-0.25, -0.2) is 0 Å². The van der Waals surface area contributed by atoms with Gasteiger partial charge in [0.05, 0.1) is 52.9 Å². The van der Waals surface area contributed by atoms with Gasteiger partial charge in [0, 0.05) is 0 Å². The normalized spacial score (nSPS) is 11.0. The third-order valence-corrected chi connectivity index (χ3v) is 6.10. The standard InChI is InChI=1S/C18H21ClO3.C17H20O3/c19-15-22-18(13-20-11-16-7-3-1-4-8-16)14-21-12-17-9-5-2-6-10-17;18-17(13-19-11-15-7-3-1-4-8-15)14-20-12-16-9-5-2-6-10-16/h1-10,18H,11-15H2;1-10,17-18H,11-14H2. The molecule has 0 atom stereocenters. The van der Waals surface area contributed by atoms with E-state index >= 15 is 0 Å². The molecule has 6 nitrogen and oxygen atoms in total. The fraction of sp³-hybridized carbons (Fsp3) is 0.314. The molecule has 0 unspecified atom stereocenters. The summed E-state index contributed by atoms with van der Waals surface area (Å²) in [5.74, 6) is 0. The van der Waals surface area contributed by atoms with Gasteiger partial charge in [-0.1, -0.05) is 133 Å². The molecule has 0 aliphatic carbocycles. The molecule has 7 heteroatoms. The first kappa shape index (κ1) is 33.4. The van der Waals surface area contributed by atoms with Crippen LogP contribution in [0.5, 0.6) is 0 Å². The number of aliphatic hydroxyl groups is 1. The molecule has 0 aliphatic heterocycles. The van der Waals surface area contributed by atoms with E-state index in [0.29, 0.717) is 39.6 Å². The number of hydrogen-bond acceptors (Lipinski definition) is 6. The number of alkyl halides is 1. The molecule has 0 saturated carbocycles. The largest absolute Gasteiger partial charge is 0.388 e. The van der Waals surface area contributed by atoms with Crippen LogP contribution < -0.4 is 0 Å². The number of rotatable bonds is 18. The highest BCUT2D eigenvalue weighted by Crippen LogP contribution is 2.06. The molecule has 4 aromatic rings. The summed E-state index contributed by atoms with van der Waals surface area (Å²) < 4.78 is 27.7. The monoisotopic (exact) mass is 592 g/mol. The molecule has 0 saturated heterocycles. The molecule has 0 fully saturated rings. The molecular weight excluding hydrogens is 552 g/mol. The minimum atomic E-state index is -0.595. The van der Waals surface area contributed by atoms with Gasteiger partial charge < -0.3 is 28.8 Å². The molecule has 0 aromatic heterocycles. The molecule has 0 spiro atoms. The van der Waals surface area contributed by atoms with Gasteiger partial charge in [-0.15, -0.1) is 0 Å². The molecule has 4 rings (SSSR count). The molecular formula is C35H41ClO6. The lowest BCUT2D eigenvalue weighted by molar-refractivity contribution is -0.0540. The van der Waals surface area contributed by atoms with Crippen molar-refractivity contribution in [2.24, 2.45) is 0 Å². The van der Waals surface area contributed by atoms with Crippen molar-refractivity contribution in [3.8, 4) is 0 Å². The minimum Gasteiger partial charge on any atom is -0.388 e. The Morgan fingerprint density at radius 1 is 0.452 bits per heavy atom. The second-order valence-electron chi connectivity index (χ2n) is 9.55. The van der Waals surface area contributed by atoms with E-state index in [-0.39, 0.29) is 25.4 Å². The van der Waals surface area contributed by atoms with Gasteiger partial charge in [0.2, 0.25) is 0 Å². The highest BCUT2D eigenvalue weighted by Gasteiger charge is 2.10. The van der Waals surface area contributed by atoms with Crippen molar-refractivity contribution in [2.45, 2.75) is 38.6 Å². The van der Waals surface area contributed by atoms with Crippen LogP contribution in [0.2, 0.25) is 0 Å². The first-order valence-corrected chi connectivity index (χ1v) is 14.6. The Morgan fingerprint density at radius 2 is 0.738 bits per heavy atom. The Bertz CT molecular complexity index is 1070. The average Bonchev–Trinajstić information content (AvgIpc) is 3.03. The predicted octanol–water partition coefficient (Wildman–Crippen LogP) is 6.78. The smallest absolute Gasteiger partial charge is 0.121 e. The molecule has 4 aromatic carbocycles. The zero-order chi connectivity index (χ0) is 29.5. The minimum absolute atomic E-state index is 0.133. The van der Waals surface area contributed by atoms with Gasteiger partial charge in [-0.2, -0.15) is 0 Å². The lowest BCUT2D eigenvalue weighted by Crippen LogP contribution is -2.25. The third-order valence-electron chi connectivity index (χ3n) is 5.97. The predicted molar refractivity (Wildman–Crippen MR) is 166 cm³/mol. The zero-order valence-electron chi connectivity index (χ0n) is 23.9. The van der Waals surface area contributed by atoms with Crippen LogP contribution in [-0.2, 0) is 50.1 Å². The van der Waals surface area contributed by atoms with Gasteiger partial charge in [-0.3, -0.25) is 0 Å². The summed E-state index contributed by atoms with van der Waals surface area (Å²) in [5, 5.41) is 9.76. The Hall–Kier alpha value is -3.07. The average molecular weight is 593 g/mol. The van der Waals surface area contributed by atoms with Crippen molar-refractivity contribution in [2.75, 3.05) is 32.5 Å². The van der Waals surface area contributed by atoms with E-state index in [1.165, 1.54) is 0 Å². The van der Waals surface area contributed by atoms with Gasteiger partial charge in [0.25, 0.3) is 0 Å². The van der Waals surface area contributed by atoms with Crippen molar-refractivity contribution in [1.82, 2.24) is 0 Å². The Kier molecular flexibility index (Phi) is 17.2. The maximum Gasteiger partial charge on any atom is 0.121 e. The molecule has 0 heterocycles. The molecule has 224 valence electrons. The maximum atomic E-state index is 9.76. The Morgan fingerprint density at radius 3 is 1.02 bits per heavy atom. The van der Waals surface area contributed by atoms with Crippen molar-refractivity contribution in [1.29, 1.82) is 0 Å². The van der Waals surface area contributed by atoms with Crippen LogP contribution in [0.3, 0.4) is 0 Å². The van der Waals surface area contributed by atoms with E-state index in [4.69, 9.17) is 35.3 Å². The van der Waals surface area contributed by atoms with Crippen LogP contribution in [-0.4, -0.2) is 49.8 Å². The van der Waals surface area contributed by atoms with E-state index in [2.05, 4.69) is 0 Å². The lowest BCUT2D eigenvalue weighted by Gasteiger charge is -2.17. The number of aliphatic hydroxyl groups excluding tert-OH is 1. The number of halogens is 1. The van der Waals surface area contributed by atoms with Gasteiger partial charge in [0.15, 0.2) is 0 Å². The fourth-order valence-electron chi connectivity index (χ4n) is 3.82. The quantitative estimate of drug-likeness (QED) is 0.128. The molecule has 0 radical (unpaired) electrons. The third kappa shape index (κ3) is 15.2. The highest BCUT2D eigenvalue weighted by molar-refractivity contribution is 6.17. The first-order chi connectivity index (χ1) is 20.7. The summed E-state index contributed by atoms with van der Waals surface area (Å²) in [5.41, 5.74) is 4.48. The summed E-state index contributed by atoms with van der Waals surface area (Å²) in [6, 6.07) is 40.0. The Balaban J connectivity index is 0.000000231. The summed E-state index contributed by atoms with van der Waals surface area (Å²) in [6.45, 7) is 3.61. The van der Waals surface area contributed by atoms with E-state index in [1.54, 1.807) is 0 Å². The van der Waals surface area contributed by atoms with Gasteiger partial charge in [0.1, 0.15) is 18.3 Å². The van der Waals surface area contributed by atoms with Crippen molar-refractivity contribution in [3.05, 3.63) is 144 Å². The van der Waals surface area contributed by atoms with Gasteiger partial charge in [-0.05, 0) is 22.3 Å². The lowest BCUT2D eigenvalue weighted by atomic mass is 10.2. The van der Waals surface area contributed by atoms with Gasteiger partial charge >= 0.3 is 0 Å². The SMILES string of the molecule is ClCOC(COCc1ccccc1)COCc1ccccc1.OC(COCc1ccccc1)COCc1ccccc1. The topological polar surface area (TPSA) is 66.4 Å². The summed E-state index contributed by atoms with van der Waals surface area (Å²) in [6.07, 6.45) is -0.757. The van der Waals surface area contributed by atoms with Crippen LogP contribution >= 0.6 is 11.6 Å². The fourth-order valence-corrected chi connectivity index (χ4v) is 4.00. The molecule has 42 heavy (non-hydrogen) atoms. The van der Waals surface area contributed by atoms with E-state index in [1.807, 2.05) is 121 Å². The second kappa shape index (κ2) is 21.6. The van der Waals surface area contributed by atoms with Crippen LogP contribution in [0, 0.1) is 0 Å². The van der Waals surface area contributed by atoms with Crippen molar-refractivity contribution in [3.63, 3.8) is 0 Å². The van der Waals surface area contributed by atoms with E-state index in [9.17, 15) is 5.11 Å². The highest BCUT2D eigenvalue weighted by atomic mass is 35.5. The number of hydrogen-bond donors (Lipinski definition) is 1. The summed E-state index contributed by atoms with van der Waals surface area (Å²) in [7, 11) is 0. The van der Waals surface area contributed by atoms with Crippen molar-refractivity contribution < 1.29 is 28.8 Å². The van der Waals surface area contributed by atoms with E-state index in [0.717, 1.165) is 22.3 Å². The molecule has 0 bridgehead atoms. The molecule has 1 N–H and O–H groups in total. The summed E-state index contributed by atoms with van der Waals surface area (Å²) >= 11 is 5.65. The number of ether oxygens (including phenoxy) is 5. The molecule has 0 aliphatic rings. The van der Waals surface area contributed by atoms with Crippen LogP contribution in [0.15, 0.2) is 121 Å². The van der Waals surface area contributed by atoms with Crippen molar-refractivity contribution >= 4 is 11.6 Å². The maximum absolute atomic E-state index is 9.76. The second-order valence-corrected chi connectivity index (χ2v) is 9.77. The first-order valence-electron chi connectivity index (χ1n) is 14.0. The molecule has 0 amide bonds. The summed E-state index contributed by atoms with van der Waals surface area (Å²) in [4.78, 5) is 0. The van der Waals surface area contributed by atoms with Crippen LogP contribution in [0.25, 0.3) is 0 Å².